The number of alkyl carbamates (subject to hydrolysis) is 1. The largest absolute Gasteiger partial charge is 0.496 e. The molecule has 0 aliphatic rings. The molecule has 0 bridgehead atoms. The quantitative estimate of drug-likeness (QED) is 0.195. The van der Waals surface area contributed by atoms with E-state index in [1.807, 2.05) is 6.92 Å². The van der Waals surface area contributed by atoms with Crippen LogP contribution in [0.4, 0.5) is 21.0 Å². The number of urea groups is 1. The van der Waals surface area contributed by atoms with Gasteiger partial charge in [0.2, 0.25) is 0 Å². The molecule has 4 aromatic rings. The zero-order valence-electron chi connectivity index (χ0n) is 22.6. The van der Waals surface area contributed by atoms with Gasteiger partial charge in [-0.25, -0.2) is 19.4 Å². The zero-order chi connectivity index (χ0) is 29.0. The maximum absolute atomic E-state index is 12.6. The van der Waals surface area contributed by atoms with Crippen molar-refractivity contribution in [3.05, 3.63) is 96.5 Å². The fraction of sp³-hybridized carbons (Fsp3) is 0.200. The standard InChI is InChI=1S/C30H30N4O7/c1-3-24(18-39-28(35)21-9-5-4-6-10-21)41-30(37)32-16-20-8-7-11-22(14-20)33-29(36)34-23-12-13-25(26(15-23)38-2)27-17-31-19-40-27/h4-15,17,19,24H,3,16,18H2,1-2H3,(H,32,37)(H2,33,34,36)/t24-/m1/s1. The van der Waals surface area contributed by atoms with Crippen molar-refractivity contribution in [3.63, 3.8) is 0 Å². The Morgan fingerprint density at radius 2 is 1.73 bits per heavy atom. The lowest BCUT2D eigenvalue weighted by Gasteiger charge is -2.17. The van der Waals surface area contributed by atoms with Gasteiger partial charge in [0, 0.05) is 24.0 Å². The van der Waals surface area contributed by atoms with Crippen molar-refractivity contribution in [2.45, 2.75) is 26.0 Å². The van der Waals surface area contributed by atoms with Crippen molar-refractivity contribution in [1.82, 2.24) is 10.3 Å². The van der Waals surface area contributed by atoms with Gasteiger partial charge in [0.05, 0.1) is 24.4 Å². The van der Waals surface area contributed by atoms with Crippen molar-refractivity contribution in [2.75, 3.05) is 24.4 Å². The van der Waals surface area contributed by atoms with Gasteiger partial charge in [-0.3, -0.25) is 0 Å². The number of hydrogen-bond donors (Lipinski definition) is 3. The second kappa shape index (κ2) is 14.2. The number of carbonyl (C=O) groups is 3. The molecule has 0 spiro atoms. The lowest BCUT2D eigenvalue weighted by Crippen LogP contribution is -2.31. The molecule has 1 aromatic heterocycles. The number of nitrogens with one attached hydrogen (secondary N) is 3. The highest BCUT2D eigenvalue weighted by atomic mass is 16.6. The first-order valence-electron chi connectivity index (χ1n) is 12.9. The van der Waals surface area contributed by atoms with E-state index in [0.717, 1.165) is 5.56 Å². The maximum atomic E-state index is 12.6. The molecule has 3 amide bonds. The van der Waals surface area contributed by atoms with Crippen molar-refractivity contribution < 1.29 is 33.0 Å². The average molecular weight is 559 g/mol. The molecule has 0 aliphatic carbocycles. The highest BCUT2D eigenvalue weighted by Gasteiger charge is 2.16. The molecule has 0 aliphatic heterocycles. The van der Waals surface area contributed by atoms with Gasteiger partial charge in [-0.1, -0.05) is 37.3 Å². The molecular weight excluding hydrogens is 528 g/mol. The minimum Gasteiger partial charge on any atom is -0.496 e. The number of ether oxygens (including phenoxy) is 3. The van der Waals surface area contributed by atoms with Gasteiger partial charge in [0.15, 0.2) is 12.2 Å². The summed E-state index contributed by atoms with van der Waals surface area (Å²) in [5.74, 6) is 0.576. The van der Waals surface area contributed by atoms with Crippen LogP contribution in [0.3, 0.4) is 0 Å². The fourth-order valence-electron chi connectivity index (χ4n) is 3.80. The van der Waals surface area contributed by atoms with Gasteiger partial charge >= 0.3 is 18.1 Å². The number of esters is 1. The van der Waals surface area contributed by atoms with Crippen molar-refractivity contribution >= 4 is 29.5 Å². The van der Waals surface area contributed by atoms with Crippen LogP contribution in [0, 0.1) is 0 Å². The Kier molecular flexibility index (Phi) is 9.92. The summed E-state index contributed by atoms with van der Waals surface area (Å²) in [6.45, 7) is 1.94. The van der Waals surface area contributed by atoms with Gasteiger partial charge < -0.3 is 34.6 Å². The van der Waals surface area contributed by atoms with E-state index in [9.17, 15) is 14.4 Å². The number of benzene rings is 3. The zero-order valence-corrected chi connectivity index (χ0v) is 22.6. The van der Waals surface area contributed by atoms with Gasteiger partial charge in [-0.15, -0.1) is 0 Å². The van der Waals surface area contributed by atoms with Crippen molar-refractivity contribution in [1.29, 1.82) is 0 Å². The minimum atomic E-state index is -0.647. The van der Waals surface area contributed by atoms with Crippen LogP contribution in [0.5, 0.6) is 5.75 Å². The van der Waals surface area contributed by atoms with Crippen LogP contribution < -0.4 is 20.7 Å². The number of methoxy groups -OCH3 is 1. The Labute approximate surface area is 236 Å². The molecule has 3 aromatic carbocycles. The van der Waals surface area contributed by atoms with E-state index in [2.05, 4.69) is 20.9 Å². The minimum absolute atomic E-state index is 0.0547. The summed E-state index contributed by atoms with van der Waals surface area (Å²) in [5.41, 5.74) is 2.91. The summed E-state index contributed by atoms with van der Waals surface area (Å²) >= 11 is 0. The number of oxazole rings is 1. The van der Waals surface area contributed by atoms with E-state index in [1.54, 1.807) is 79.0 Å². The number of anilines is 2. The summed E-state index contributed by atoms with van der Waals surface area (Å²) in [7, 11) is 1.53. The highest BCUT2D eigenvalue weighted by Crippen LogP contribution is 2.32. The SMILES string of the molecule is CC[C@H](COC(=O)c1ccccc1)OC(=O)NCc1cccc(NC(=O)Nc2ccc(-c3cnco3)c(OC)c2)c1. The van der Waals surface area contributed by atoms with Gasteiger partial charge in [-0.05, 0) is 48.4 Å². The molecule has 0 radical (unpaired) electrons. The third-order valence-corrected chi connectivity index (χ3v) is 5.92. The summed E-state index contributed by atoms with van der Waals surface area (Å²) < 4.78 is 21.4. The molecule has 212 valence electrons. The van der Waals surface area contributed by atoms with Crippen LogP contribution >= 0.6 is 0 Å². The van der Waals surface area contributed by atoms with Crippen LogP contribution in [0.2, 0.25) is 0 Å². The van der Waals surface area contributed by atoms with Crippen LogP contribution in [-0.4, -0.2) is 42.9 Å². The monoisotopic (exact) mass is 558 g/mol. The number of aromatic nitrogens is 1. The molecule has 0 saturated carbocycles. The second-order valence-electron chi connectivity index (χ2n) is 8.81. The number of hydrogen-bond acceptors (Lipinski definition) is 8. The van der Waals surface area contributed by atoms with E-state index in [-0.39, 0.29) is 13.2 Å². The normalized spacial score (nSPS) is 11.2. The predicted octanol–water partition coefficient (Wildman–Crippen LogP) is 5.86. The van der Waals surface area contributed by atoms with Crippen LogP contribution in [0.1, 0.15) is 29.3 Å². The third-order valence-electron chi connectivity index (χ3n) is 5.92. The molecule has 11 heteroatoms. The molecular formula is C30H30N4O7. The molecule has 4 rings (SSSR count). The molecule has 0 saturated heterocycles. The lowest BCUT2D eigenvalue weighted by molar-refractivity contribution is 0.0163. The summed E-state index contributed by atoms with van der Waals surface area (Å²) in [5, 5.41) is 8.21. The van der Waals surface area contributed by atoms with Crippen molar-refractivity contribution in [2.24, 2.45) is 0 Å². The topological polar surface area (TPSA) is 141 Å². The van der Waals surface area contributed by atoms with Crippen molar-refractivity contribution in [3.8, 4) is 17.1 Å². The molecule has 0 unspecified atom stereocenters. The number of carbonyl (C=O) groups excluding carboxylic acids is 3. The summed E-state index contributed by atoms with van der Waals surface area (Å²) in [6, 6.07) is 20.3. The van der Waals surface area contributed by atoms with Gasteiger partial charge in [0.1, 0.15) is 18.5 Å². The fourth-order valence-corrected chi connectivity index (χ4v) is 3.80. The van der Waals surface area contributed by atoms with E-state index in [4.69, 9.17) is 18.6 Å². The molecule has 3 N–H and O–H groups in total. The highest BCUT2D eigenvalue weighted by molar-refractivity contribution is 6.00. The first kappa shape index (κ1) is 28.7. The maximum Gasteiger partial charge on any atom is 0.407 e. The Morgan fingerprint density at radius 3 is 2.44 bits per heavy atom. The molecule has 0 fully saturated rings. The third kappa shape index (κ3) is 8.33. The lowest BCUT2D eigenvalue weighted by atomic mass is 10.1. The summed E-state index contributed by atoms with van der Waals surface area (Å²) in [4.78, 5) is 41.0. The number of nitrogens with zero attached hydrogens (tertiary/aromatic N) is 1. The Morgan fingerprint density at radius 1 is 0.951 bits per heavy atom. The molecule has 1 atom stereocenters. The van der Waals surface area contributed by atoms with Crippen LogP contribution in [0.25, 0.3) is 11.3 Å². The molecule has 41 heavy (non-hydrogen) atoms. The van der Waals surface area contributed by atoms with E-state index >= 15 is 0 Å². The Balaban J connectivity index is 1.25. The molecule has 1 heterocycles. The predicted molar refractivity (Wildman–Crippen MR) is 152 cm³/mol. The second-order valence-corrected chi connectivity index (χ2v) is 8.81. The van der Waals surface area contributed by atoms with E-state index in [0.29, 0.717) is 40.4 Å². The van der Waals surface area contributed by atoms with E-state index in [1.165, 1.54) is 13.5 Å². The Bertz CT molecular complexity index is 1460. The number of amides is 3. The average Bonchev–Trinajstić information content (AvgIpc) is 3.53. The van der Waals surface area contributed by atoms with Crippen LogP contribution in [0.15, 0.2) is 89.8 Å². The molecule has 11 nitrogen and oxygen atoms in total. The smallest absolute Gasteiger partial charge is 0.407 e. The van der Waals surface area contributed by atoms with E-state index < -0.39 is 24.2 Å². The Hall–Kier alpha value is -5.32. The first-order chi connectivity index (χ1) is 19.9. The van der Waals surface area contributed by atoms with Gasteiger partial charge in [0.25, 0.3) is 0 Å². The first-order valence-corrected chi connectivity index (χ1v) is 12.9. The summed E-state index contributed by atoms with van der Waals surface area (Å²) in [6.07, 6.45) is 2.13. The number of rotatable bonds is 11. The van der Waals surface area contributed by atoms with Gasteiger partial charge in [-0.2, -0.15) is 0 Å². The van der Waals surface area contributed by atoms with Crippen LogP contribution in [-0.2, 0) is 16.0 Å².